The number of aromatic amines is 1. The van der Waals surface area contributed by atoms with E-state index in [9.17, 15) is 22.2 Å². The number of carbonyl (C=O) groups excluding carboxylic acids is 1. The van der Waals surface area contributed by atoms with Crippen molar-refractivity contribution < 1.29 is 22.2 Å². The molecule has 172 valence electrons. The van der Waals surface area contributed by atoms with Gasteiger partial charge in [0.15, 0.2) is 0 Å². The first-order chi connectivity index (χ1) is 15.4. The third kappa shape index (κ3) is 5.20. The van der Waals surface area contributed by atoms with Crippen LogP contribution in [0, 0.1) is 5.82 Å². The molecule has 0 atom stereocenters. The molecule has 0 bridgehead atoms. The molecule has 4 rings (SSSR count). The van der Waals surface area contributed by atoms with Gasteiger partial charge in [-0.05, 0) is 36.5 Å². The maximum Gasteiger partial charge on any atom is 0.266 e. The van der Waals surface area contributed by atoms with Crippen LogP contribution in [0.25, 0.3) is 10.9 Å². The van der Waals surface area contributed by atoms with Gasteiger partial charge < -0.3 is 5.32 Å². The van der Waals surface area contributed by atoms with Gasteiger partial charge in [0.2, 0.25) is 0 Å². The van der Waals surface area contributed by atoms with Crippen LogP contribution >= 0.6 is 0 Å². The molecule has 0 unspecified atom stereocenters. The first-order valence-electron chi connectivity index (χ1n) is 10.6. The van der Waals surface area contributed by atoms with Crippen molar-refractivity contribution in [1.29, 1.82) is 0 Å². The fraction of sp³-hybridized carbons (Fsp3) is 0.391. The largest absolute Gasteiger partial charge is 0.348 e. The number of benzene rings is 2. The Hall–Kier alpha value is -2.68. The van der Waals surface area contributed by atoms with Crippen molar-refractivity contribution in [1.82, 2.24) is 15.5 Å². The van der Waals surface area contributed by atoms with Gasteiger partial charge in [-0.3, -0.25) is 14.1 Å². The molecule has 0 spiro atoms. The van der Waals surface area contributed by atoms with E-state index in [1.165, 1.54) is 12.1 Å². The predicted molar refractivity (Wildman–Crippen MR) is 120 cm³/mol. The van der Waals surface area contributed by atoms with Crippen molar-refractivity contribution in [2.24, 2.45) is 0 Å². The highest BCUT2D eigenvalue weighted by Gasteiger charge is 2.23. The summed E-state index contributed by atoms with van der Waals surface area (Å²) < 4.78 is 51.7. The Bertz CT molecular complexity index is 1110. The van der Waals surface area contributed by atoms with Gasteiger partial charge in [-0.2, -0.15) is 5.10 Å². The van der Waals surface area contributed by atoms with Gasteiger partial charge in [-0.1, -0.05) is 32.0 Å². The fourth-order valence-corrected chi connectivity index (χ4v) is 5.10. The molecule has 5 nitrogen and oxygen atoms in total. The average molecular weight is 466 g/mol. The van der Waals surface area contributed by atoms with Crippen LogP contribution in [0.3, 0.4) is 0 Å². The van der Waals surface area contributed by atoms with Gasteiger partial charge in [0, 0.05) is 39.8 Å². The van der Waals surface area contributed by atoms with E-state index in [2.05, 4.69) is 15.5 Å². The van der Waals surface area contributed by atoms with E-state index in [-0.39, 0.29) is 18.0 Å². The monoisotopic (exact) mass is 465 g/mol. The molecule has 0 aliphatic carbocycles. The number of halogens is 3. The van der Waals surface area contributed by atoms with Crippen molar-refractivity contribution in [3.63, 3.8) is 0 Å². The second-order valence-corrected chi connectivity index (χ2v) is 9.02. The van der Waals surface area contributed by atoms with Crippen LogP contribution in [-0.4, -0.2) is 31.8 Å². The number of H-pyrrole nitrogens is 1. The number of hydrogen-bond acceptors (Lipinski definition) is 3. The van der Waals surface area contributed by atoms with E-state index in [1.807, 2.05) is 19.9 Å². The van der Waals surface area contributed by atoms with E-state index in [0.717, 1.165) is 29.9 Å². The molecule has 1 aliphatic heterocycles. The van der Waals surface area contributed by atoms with Crippen molar-refractivity contribution in [3.8, 4) is 0 Å². The lowest BCUT2D eigenvalue weighted by Crippen LogP contribution is -2.24. The zero-order valence-corrected chi connectivity index (χ0v) is 18.8. The van der Waals surface area contributed by atoms with E-state index in [0.29, 0.717) is 22.6 Å². The maximum absolute atomic E-state index is 14.2. The molecule has 0 saturated carbocycles. The molecule has 1 amide bonds. The van der Waals surface area contributed by atoms with Gasteiger partial charge in [0.25, 0.3) is 12.3 Å². The van der Waals surface area contributed by atoms with Crippen LogP contribution in [0.1, 0.15) is 66.1 Å². The van der Waals surface area contributed by atoms with Crippen LogP contribution in [0.15, 0.2) is 36.5 Å². The molecule has 1 fully saturated rings. The average Bonchev–Trinajstić information content (AvgIpc) is 3.28. The summed E-state index contributed by atoms with van der Waals surface area (Å²) in [6.45, 7) is 3.79. The van der Waals surface area contributed by atoms with Gasteiger partial charge in [0.1, 0.15) is 5.82 Å². The summed E-state index contributed by atoms with van der Waals surface area (Å²) in [5.41, 5.74) is 1.19. The summed E-state index contributed by atoms with van der Waals surface area (Å²) in [5, 5.41) is 10.2. The minimum Gasteiger partial charge on any atom is -0.348 e. The highest BCUT2D eigenvalue weighted by molar-refractivity contribution is 7.85. The summed E-state index contributed by atoms with van der Waals surface area (Å²) in [6.07, 6.45) is 0.264. The molecular weight excluding hydrogens is 439 g/mol. The zero-order chi connectivity index (χ0) is 23.3. The van der Waals surface area contributed by atoms with Crippen molar-refractivity contribution in [2.75, 3.05) is 11.5 Å². The lowest BCUT2D eigenvalue weighted by atomic mass is 9.91. The van der Waals surface area contributed by atoms with Crippen LogP contribution in [-0.2, 0) is 17.3 Å². The van der Waals surface area contributed by atoms with E-state index in [1.54, 1.807) is 12.3 Å². The minimum atomic E-state index is -2.92. The number of nitrogens with zero attached hydrogens (tertiary/aromatic N) is 1. The van der Waals surface area contributed by atoms with Gasteiger partial charge >= 0.3 is 0 Å². The van der Waals surface area contributed by atoms with Crippen molar-refractivity contribution in [2.45, 2.75) is 45.6 Å². The van der Waals surface area contributed by atoms with E-state index >= 15 is 0 Å². The number of nitrogens with one attached hydrogen (secondary N) is 2. The van der Waals surface area contributed by atoms with Gasteiger partial charge in [0.05, 0.1) is 22.8 Å². The van der Waals surface area contributed by atoms with Crippen LogP contribution in [0.4, 0.5) is 13.2 Å². The second kappa shape index (κ2) is 10.8. The molecule has 1 aromatic heterocycles. The van der Waals surface area contributed by atoms with Gasteiger partial charge in [-0.15, -0.1) is 0 Å². The quantitative estimate of drug-likeness (QED) is 0.542. The zero-order valence-electron chi connectivity index (χ0n) is 18.0. The number of amides is 1. The minimum absolute atomic E-state index is 0.00656. The number of fused-ring (bicyclic) bond motifs is 1. The molecule has 9 heteroatoms. The molecule has 3 aromatic rings. The lowest BCUT2D eigenvalue weighted by Gasteiger charge is -2.22. The number of aromatic nitrogens is 2. The summed E-state index contributed by atoms with van der Waals surface area (Å²) in [4.78, 5) is 12.9. The first kappa shape index (κ1) is 24.0. The van der Waals surface area contributed by atoms with Crippen molar-refractivity contribution in [3.05, 3.63) is 64.6 Å². The molecule has 2 heterocycles. The summed E-state index contributed by atoms with van der Waals surface area (Å²) in [5.74, 6) is 0.00888. The molecule has 1 aliphatic rings. The number of rotatable bonds is 5. The third-order valence-corrected chi connectivity index (χ3v) is 6.84. The highest BCUT2D eigenvalue weighted by atomic mass is 32.2. The number of alkyl halides is 2. The Morgan fingerprint density at radius 1 is 1.25 bits per heavy atom. The molecule has 2 aromatic carbocycles. The normalized spacial score (nSPS) is 18.3. The number of hydrogen-bond donors (Lipinski definition) is 2. The summed E-state index contributed by atoms with van der Waals surface area (Å²) in [6, 6.07) is 7.49. The smallest absolute Gasteiger partial charge is 0.266 e. The Balaban J connectivity index is 0.00000141. The van der Waals surface area contributed by atoms with E-state index in [4.69, 9.17) is 0 Å². The Morgan fingerprint density at radius 2 is 1.97 bits per heavy atom. The van der Waals surface area contributed by atoms with Crippen LogP contribution in [0.5, 0.6) is 0 Å². The first-order valence-corrected chi connectivity index (χ1v) is 12.1. The second-order valence-electron chi connectivity index (χ2n) is 7.33. The Labute approximate surface area is 187 Å². The van der Waals surface area contributed by atoms with Crippen molar-refractivity contribution >= 4 is 27.6 Å². The maximum atomic E-state index is 14.2. The lowest BCUT2D eigenvalue weighted by molar-refractivity contribution is 0.0952. The van der Waals surface area contributed by atoms with E-state index < -0.39 is 34.5 Å². The summed E-state index contributed by atoms with van der Waals surface area (Å²) >= 11 is 0. The number of carbonyl (C=O) groups is 1. The predicted octanol–water partition coefficient (Wildman–Crippen LogP) is 5.22. The van der Waals surface area contributed by atoms with Crippen LogP contribution in [0.2, 0.25) is 0 Å². The third-order valence-electron chi connectivity index (χ3n) is 5.46. The molecule has 0 radical (unpaired) electrons. The molecular formula is C23H26F3N3O2S. The topological polar surface area (TPSA) is 74.8 Å². The Morgan fingerprint density at radius 3 is 2.66 bits per heavy atom. The highest BCUT2D eigenvalue weighted by Crippen LogP contribution is 2.31. The van der Waals surface area contributed by atoms with Crippen LogP contribution < -0.4 is 5.32 Å². The summed E-state index contributed by atoms with van der Waals surface area (Å²) in [7, 11) is -0.787. The Kier molecular flexibility index (Phi) is 8.06. The fourth-order valence-electron chi connectivity index (χ4n) is 3.80. The molecule has 32 heavy (non-hydrogen) atoms. The molecule has 2 N–H and O–H groups in total. The SMILES string of the molecule is CC.O=C(NCc1cccc(C(F)F)c1F)c1cc(C2CCS(=O)CC2)cc2cn[nH]c12. The standard InChI is InChI=1S/C21H20F3N3O2S.C2H6/c22-18-13(2-1-3-16(18)20(23)24)10-25-21(28)17-9-14(8-15-11-26-27-19(15)17)12-4-6-30(29)7-5-12;1-2/h1-3,8-9,11-12,20H,4-7,10H2,(H,25,28)(H,26,27);1-2H3. The van der Waals surface area contributed by atoms with Gasteiger partial charge in [-0.25, -0.2) is 13.2 Å². The molecule has 1 saturated heterocycles.